The monoisotopic (exact) mass is 499 g/mol. The number of aromatic nitrogens is 2. The normalized spacial score (nSPS) is 37.0. The largest absolute Gasteiger partial charge is 0.522 e. The van der Waals surface area contributed by atoms with Crippen molar-refractivity contribution >= 4 is 5.91 Å². The number of carbonyl (C=O) groups is 1. The van der Waals surface area contributed by atoms with Crippen molar-refractivity contribution in [1.29, 1.82) is 0 Å². The minimum atomic E-state index is -4.68. The van der Waals surface area contributed by atoms with Gasteiger partial charge >= 0.3 is 12.7 Å². The molecule has 2 bridgehead atoms. The molecule has 2 atom stereocenters. The van der Waals surface area contributed by atoms with Crippen LogP contribution in [0.4, 0.5) is 26.3 Å². The molecule has 5 saturated carbocycles. The third kappa shape index (κ3) is 4.89. The zero-order chi connectivity index (χ0) is 24.4. The van der Waals surface area contributed by atoms with Crippen LogP contribution in [0.25, 0.3) is 0 Å². The van der Waals surface area contributed by atoms with E-state index in [1.54, 1.807) is 0 Å². The summed E-state index contributed by atoms with van der Waals surface area (Å²) in [4.78, 5) is 12.3. The Morgan fingerprint density at radius 2 is 1.56 bits per heavy atom. The van der Waals surface area contributed by atoms with Crippen molar-refractivity contribution in [2.75, 3.05) is 6.61 Å². The number of amides is 1. The number of rotatable bonds is 8. The van der Waals surface area contributed by atoms with Crippen molar-refractivity contribution in [3.8, 4) is 0 Å². The Labute approximate surface area is 189 Å². The smallest absolute Gasteiger partial charge is 0.424 e. The first-order valence-electron chi connectivity index (χ1n) is 11.1. The van der Waals surface area contributed by atoms with Crippen LogP contribution in [0.3, 0.4) is 0 Å². The molecule has 1 amide bonds. The molecule has 34 heavy (non-hydrogen) atoms. The Hall–Kier alpha value is -1.93. The van der Waals surface area contributed by atoms with Crippen LogP contribution in [0, 0.1) is 0 Å². The summed E-state index contributed by atoms with van der Waals surface area (Å²) in [5, 5.41) is 11.0. The van der Waals surface area contributed by atoms with Crippen LogP contribution in [0.2, 0.25) is 0 Å². The Morgan fingerprint density at radius 1 is 0.941 bits per heavy atom. The number of halogens is 6. The average molecular weight is 499 g/mol. The summed E-state index contributed by atoms with van der Waals surface area (Å²) in [6.45, 7) is -0.244. The van der Waals surface area contributed by atoms with Crippen molar-refractivity contribution in [2.45, 2.75) is 99.3 Å². The predicted octanol–water partition coefficient (Wildman–Crippen LogP) is 3.62. The van der Waals surface area contributed by atoms with Gasteiger partial charge in [0.25, 0.3) is 0 Å². The van der Waals surface area contributed by atoms with Gasteiger partial charge in [0.15, 0.2) is 0 Å². The van der Waals surface area contributed by atoms with E-state index in [2.05, 4.69) is 25.0 Å². The molecule has 0 spiro atoms. The Kier molecular flexibility index (Phi) is 5.63. The molecule has 5 aliphatic carbocycles. The standard InChI is InChI=1S/C20H23F6N3O5/c21-19(22,23)33-12-2-1-11(5-12)31-6-14(30)27-18-7-17(8-18,9-18)16-29-28-15(32-16)10-3-13(4-10)34-20(24,25)26/h10-13H,1-9H2,(H,27,30). The highest BCUT2D eigenvalue weighted by Crippen LogP contribution is 2.67. The van der Waals surface area contributed by atoms with Gasteiger partial charge in [0.05, 0.1) is 23.7 Å². The van der Waals surface area contributed by atoms with E-state index >= 15 is 0 Å². The van der Waals surface area contributed by atoms with Crippen LogP contribution in [0.5, 0.6) is 0 Å². The van der Waals surface area contributed by atoms with Gasteiger partial charge < -0.3 is 14.5 Å². The molecule has 1 aromatic rings. The Balaban J connectivity index is 1.02. The number of nitrogens with one attached hydrogen (secondary N) is 1. The number of hydrogen-bond acceptors (Lipinski definition) is 7. The average Bonchev–Trinajstić information content (AvgIpc) is 3.25. The third-order valence-corrected chi connectivity index (χ3v) is 7.16. The van der Waals surface area contributed by atoms with Crippen molar-refractivity contribution in [1.82, 2.24) is 15.5 Å². The summed E-state index contributed by atoms with van der Waals surface area (Å²) in [6, 6.07) is 0. The van der Waals surface area contributed by atoms with Gasteiger partial charge in [0.1, 0.15) is 6.61 Å². The minimum Gasteiger partial charge on any atom is -0.424 e. The number of ether oxygens (including phenoxy) is 3. The van der Waals surface area contributed by atoms with Gasteiger partial charge in [-0.1, -0.05) is 0 Å². The van der Waals surface area contributed by atoms with E-state index in [1.165, 1.54) is 0 Å². The van der Waals surface area contributed by atoms with Gasteiger partial charge in [-0.3, -0.25) is 14.3 Å². The molecule has 2 unspecified atom stereocenters. The predicted molar refractivity (Wildman–Crippen MR) is 98.1 cm³/mol. The van der Waals surface area contributed by atoms with Crippen LogP contribution in [0.1, 0.15) is 69.1 Å². The van der Waals surface area contributed by atoms with Gasteiger partial charge in [0, 0.05) is 17.9 Å². The van der Waals surface area contributed by atoms with E-state index in [4.69, 9.17) is 9.15 Å². The second-order valence-electron chi connectivity index (χ2n) is 9.87. The van der Waals surface area contributed by atoms with Gasteiger partial charge in [-0.05, 0) is 44.9 Å². The first kappa shape index (κ1) is 23.8. The van der Waals surface area contributed by atoms with Gasteiger partial charge in [-0.2, -0.15) is 0 Å². The van der Waals surface area contributed by atoms with E-state index in [1.807, 2.05) is 0 Å². The maximum Gasteiger partial charge on any atom is 0.522 e. The highest BCUT2D eigenvalue weighted by molar-refractivity contribution is 5.79. The third-order valence-electron chi connectivity index (χ3n) is 7.16. The summed E-state index contributed by atoms with van der Waals surface area (Å²) >= 11 is 0. The zero-order valence-corrected chi connectivity index (χ0v) is 17.9. The number of nitrogens with zero attached hydrogens (tertiary/aromatic N) is 2. The molecule has 1 heterocycles. The molecule has 5 fully saturated rings. The maximum absolute atomic E-state index is 12.3. The highest BCUT2D eigenvalue weighted by Gasteiger charge is 2.72. The van der Waals surface area contributed by atoms with Crippen LogP contribution in [-0.2, 0) is 24.4 Å². The van der Waals surface area contributed by atoms with Gasteiger partial charge in [-0.25, -0.2) is 0 Å². The summed E-state index contributed by atoms with van der Waals surface area (Å²) in [7, 11) is 0. The molecule has 1 aromatic heterocycles. The molecular formula is C20H23F6N3O5. The number of alkyl halides is 6. The lowest BCUT2D eigenvalue weighted by atomic mass is 9.39. The van der Waals surface area contributed by atoms with E-state index < -0.39 is 36.6 Å². The molecule has 5 aliphatic rings. The van der Waals surface area contributed by atoms with Crippen molar-refractivity contribution in [3.05, 3.63) is 11.8 Å². The van der Waals surface area contributed by atoms with Gasteiger partial charge in [0.2, 0.25) is 17.7 Å². The Bertz CT molecular complexity index is 909. The molecule has 1 N–H and O–H groups in total. The summed E-state index contributed by atoms with van der Waals surface area (Å²) in [5.74, 6) is 0.127. The molecular weight excluding hydrogens is 476 g/mol. The number of hydrogen-bond donors (Lipinski definition) is 1. The fourth-order valence-electron chi connectivity index (χ4n) is 5.69. The SMILES string of the molecule is O=C(COC1CCC(OC(F)(F)F)C1)NC12CC(c3nnc(C4CC(OC(F)(F)F)C4)o3)(C1)C2. The molecule has 0 aromatic carbocycles. The fraction of sp³-hybridized carbons (Fsp3) is 0.850. The maximum atomic E-state index is 12.3. The lowest BCUT2D eigenvalue weighted by Crippen LogP contribution is -2.77. The van der Waals surface area contributed by atoms with Crippen molar-refractivity contribution < 1.29 is 49.8 Å². The number of carbonyl (C=O) groups excluding carboxylic acids is 1. The zero-order valence-electron chi connectivity index (χ0n) is 17.9. The second kappa shape index (κ2) is 8.05. The molecule has 14 heteroatoms. The first-order valence-corrected chi connectivity index (χ1v) is 11.1. The van der Waals surface area contributed by atoms with Crippen molar-refractivity contribution in [2.24, 2.45) is 0 Å². The summed E-state index contributed by atoms with van der Waals surface area (Å²) in [5.41, 5.74) is -0.729. The minimum absolute atomic E-state index is 0.0879. The topological polar surface area (TPSA) is 95.7 Å². The van der Waals surface area contributed by atoms with Crippen molar-refractivity contribution in [3.63, 3.8) is 0 Å². The summed E-state index contributed by atoms with van der Waals surface area (Å²) < 4.78 is 92.8. The van der Waals surface area contributed by atoms with E-state index in [9.17, 15) is 31.1 Å². The molecule has 6 rings (SSSR count). The lowest BCUT2D eigenvalue weighted by Gasteiger charge is -2.68. The van der Waals surface area contributed by atoms with Crippen LogP contribution >= 0.6 is 0 Å². The lowest BCUT2D eigenvalue weighted by molar-refractivity contribution is -0.352. The van der Waals surface area contributed by atoms with E-state index in [-0.39, 0.29) is 49.5 Å². The van der Waals surface area contributed by atoms with E-state index in [0.717, 1.165) is 0 Å². The van der Waals surface area contributed by atoms with E-state index in [0.29, 0.717) is 37.5 Å². The first-order chi connectivity index (χ1) is 15.8. The van der Waals surface area contributed by atoms with Crippen LogP contribution < -0.4 is 5.32 Å². The molecule has 0 saturated heterocycles. The molecule has 0 radical (unpaired) electrons. The molecule has 8 nitrogen and oxygen atoms in total. The second-order valence-corrected chi connectivity index (χ2v) is 9.87. The summed E-state index contributed by atoms with van der Waals surface area (Å²) in [6.07, 6.45) is -8.81. The molecule has 190 valence electrons. The van der Waals surface area contributed by atoms with Crippen LogP contribution in [-0.4, -0.2) is 59.3 Å². The molecule has 0 aliphatic heterocycles. The van der Waals surface area contributed by atoms with Gasteiger partial charge in [-0.15, -0.1) is 36.5 Å². The quantitative estimate of drug-likeness (QED) is 0.546. The fourth-order valence-corrected chi connectivity index (χ4v) is 5.69. The highest BCUT2D eigenvalue weighted by atomic mass is 19.4. The Morgan fingerprint density at radius 3 is 2.21 bits per heavy atom. The van der Waals surface area contributed by atoms with Crippen LogP contribution in [0.15, 0.2) is 4.42 Å².